The van der Waals surface area contributed by atoms with Crippen molar-refractivity contribution in [3.63, 3.8) is 0 Å². The van der Waals surface area contributed by atoms with Crippen LogP contribution in [0.1, 0.15) is 11.1 Å². The molecule has 1 aliphatic heterocycles. The van der Waals surface area contributed by atoms with Gasteiger partial charge in [-0.15, -0.1) is 0 Å². The van der Waals surface area contributed by atoms with Gasteiger partial charge in [-0.2, -0.15) is 0 Å². The molecule has 1 aliphatic rings. The molecule has 4 rings (SSSR count). The van der Waals surface area contributed by atoms with Crippen molar-refractivity contribution in [3.05, 3.63) is 70.4 Å². The first-order chi connectivity index (χ1) is 12.9. The Morgan fingerprint density at radius 2 is 1.81 bits per heavy atom. The van der Waals surface area contributed by atoms with Crippen LogP contribution in [-0.4, -0.2) is 27.9 Å². The summed E-state index contributed by atoms with van der Waals surface area (Å²) in [5.41, 5.74) is 1.84. The van der Waals surface area contributed by atoms with Crippen molar-refractivity contribution in [1.82, 2.24) is 15.2 Å². The summed E-state index contributed by atoms with van der Waals surface area (Å²) in [6.45, 7) is 0.0619. The molecule has 1 saturated heterocycles. The Kier molecular flexibility index (Phi) is 4.31. The molecule has 0 spiro atoms. The second kappa shape index (κ2) is 6.66. The Morgan fingerprint density at radius 3 is 2.56 bits per heavy atom. The first kappa shape index (κ1) is 17.5. The van der Waals surface area contributed by atoms with E-state index in [2.05, 4.69) is 10.3 Å². The number of halogens is 3. The third-order valence-corrected chi connectivity index (χ3v) is 4.99. The molecule has 2 aromatic carbocycles. The van der Waals surface area contributed by atoms with Crippen LogP contribution in [0.2, 0.25) is 5.02 Å². The number of nitrogens with zero attached hydrogens (tertiary/aromatic N) is 1. The van der Waals surface area contributed by atoms with E-state index in [1.807, 2.05) is 0 Å². The predicted molar refractivity (Wildman–Crippen MR) is 96.2 cm³/mol. The third kappa shape index (κ3) is 3.14. The third-order valence-electron chi connectivity index (χ3n) is 4.62. The molecule has 0 unspecified atom stereocenters. The number of imide groups is 1. The summed E-state index contributed by atoms with van der Waals surface area (Å²) in [5, 5.41) is 3.34. The van der Waals surface area contributed by atoms with Gasteiger partial charge < -0.3 is 10.3 Å². The van der Waals surface area contributed by atoms with Gasteiger partial charge in [0, 0.05) is 18.0 Å². The van der Waals surface area contributed by atoms with Gasteiger partial charge in [-0.05, 0) is 35.4 Å². The number of fused-ring (bicyclic) bond motifs is 1. The monoisotopic (exact) mass is 389 g/mol. The van der Waals surface area contributed by atoms with Gasteiger partial charge in [0.25, 0.3) is 5.91 Å². The maximum atomic E-state index is 13.6. The average Bonchev–Trinajstić information content (AvgIpc) is 3.17. The summed E-state index contributed by atoms with van der Waals surface area (Å²) in [4.78, 5) is 28.8. The standard InChI is InChI=1S/C19H14ClF2N3O2/c20-16-14(22)6-5-13-11(8-23-17(13)16)7-15-18(26)25(19(27)24-15)9-10-1-3-12(21)4-2-10/h1-6,8,15,23H,7,9H2,(H,24,27)/t15-/m1/s1. The van der Waals surface area contributed by atoms with Gasteiger partial charge in [0.05, 0.1) is 12.1 Å². The minimum atomic E-state index is -0.735. The smallest absolute Gasteiger partial charge is 0.325 e. The van der Waals surface area contributed by atoms with Crippen molar-refractivity contribution < 1.29 is 18.4 Å². The summed E-state index contributed by atoms with van der Waals surface area (Å²) in [7, 11) is 0. The Hall–Kier alpha value is -2.93. The van der Waals surface area contributed by atoms with Gasteiger partial charge in [0.1, 0.15) is 22.7 Å². The van der Waals surface area contributed by atoms with Gasteiger partial charge in [-0.25, -0.2) is 13.6 Å². The Labute approximate surface area is 157 Å². The van der Waals surface area contributed by atoms with Gasteiger partial charge in [-0.1, -0.05) is 23.7 Å². The summed E-state index contributed by atoms with van der Waals surface area (Å²) >= 11 is 5.95. The van der Waals surface area contributed by atoms with E-state index in [0.29, 0.717) is 16.5 Å². The van der Waals surface area contributed by atoms with E-state index in [1.54, 1.807) is 12.3 Å². The van der Waals surface area contributed by atoms with Gasteiger partial charge >= 0.3 is 6.03 Å². The topological polar surface area (TPSA) is 65.2 Å². The van der Waals surface area contributed by atoms with E-state index < -0.39 is 17.9 Å². The highest BCUT2D eigenvalue weighted by Gasteiger charge is 2.38. The molecule has 3 aromatic rings. The molecule has 1 fully saturated rings. The molecular formula is C19H14ClF2N3O2. The number of benzene rings is 2. The van der Waals surface area contributed by atoms with E-state index in [-0.39, 0.29) is 29.7 Å². The number of urea groups is 1. The van der Waals surface area contributed by atoms with Crippen molar-refractivity contribution >= 4 is 34.4 Å². The molecular weight excluding hydrogens is 376 g/mol. The minimum Gasteiger partial charge on any atom is -0.360 e. The van der Waals surface area contributed by atoms with Crippen LogP contribution in [0.15, 0.2) is 42.6 Å². The van der Waals surface area contributed by atoms with Gasteiger partial charge in [0.2, 0.25) is 0 Å². The number of rotatable bonds is 4. The van der Waals surface area contributed by atoms with Crippen molar-refractivity contribution in [2.45, 2.75) is 19.0 Å². The number of carbonyl (C=O) groups is 2. The number of amides is 3. The Bertz CT molecular complexity index is 1050. The van der Waals surface area contributed by atoms with Crippen molar-refractivity contribution in [2.75, 3.05) is 0 Å². The minimum absolute atomic E-state index is 0.0153. The lowest BCUT2D eigenvalue weighted by Gasteiger charge is -2.13. The van der Waals surface area contributed by atoms with Gasteiger partial charge in [0.15, 0.2) is 0 Å². The maximum Gasteiger partial charge on any atom is 0.325 e. The molecule has 0 aliphatic carbocycles. The van der Waals surface area contributed by atoms with Crippen LogP contribution >= 0.6 is 11.6 Å². The molecule has 0 radical (unpaired) electrons. The van der Waals surface area contributed by atoms with Crippen LogP contribution in [0.3, 0.4) is 0 Å². The number of aromatic amines is 1. The SMILES string of the molecule is O=C1N[C@H](Cc2c[nH]c3c(Cl)c(F)ccc23)C(=O)N1Cc1ccc(F)cc1. The van der Waals surface area contributed by atoms with Crippen molar-refractivity contribution in [2.24, 2.45) is 0 Å². The Balaban J connectivity index is 1.54. The maximum absolute atomic E-state index is 13.6. The first-order valence-electron chi connectivity index (χ1n) is 8.24. The molecule has 0 bridgehead atoms. The van der Waals surface area contributed by atoms with E-state index in [1.165, 1.54) is 30.3 Å². The van der Waals surface area contributed by atoms with E-state index in [4.69, 9.17) is 11.6 Å². The van der Waals surface area contributed by atoms with Crippen LogP contribution in [-0.2, 0) is 17.8 Å². The molecule has 2 heterocycles. The highest BCUT2D eigenvalue weighted by Crippen LogP contribution is 2.29. The summed E-state index contributed by atoms with van der Waals surface area (Å²) in [6, 6.07) is 7.22. The zero-order chi connectivity index (χ0) is 19.1. The normalized spacial score (nSPS) is 17.0. The highest BCUT2D eigenvalue weighted by molar-refractivity contribution is 6.35. The number of hydrogen-bond donors (Lipinski definition) is 2. The molecule has 27 heavy (non-hydrogen) atoms. The quantitative estimate of drug-likeness (QED) is 0.667. The zero-order valence-corrected chi connectivity index (χ0v) is 14.7. The fourth-order valence-corrected chi connectivity index (χ4v) is 3.44. The molecule has 1 atom stereocenters. The lowest BCUT2D eigenvalue weighted by Crippen LogP contribution is -2.32. The van der Waals surface area contributed by atoms with Crippen LogP contribution in [0.25, 0.3) is 10.9 Å². The van der Waals surface area contributed by atoms with Crippen molar-refractivity contribution in [1.29, 1.82) is 0 Å². The van der Waals surface area contributed by atoms with Crippen LogP contribution in [0.5, 0.6) is 0 Å². The number of aromatic nitrogens is 1. The summed E-state index contributed by atoms with van der Waals surface area (Å²) in [6.07, 6.45) is 1.89. The second-order valence-electron chi connectivity index (χ2n) is 6.35. The summed E-state index contributed by atoms with van der Waals surface area (Å²) < 4.78 is 26.6. The van der Waals surface area contributed by atoms with E-state index >= 15 is 0 Å². The molecule has 0 saturated carbocycles. The molecule has 138 valence electrons. The van der Waals surface area contributed by atoms with Crippen LogP contribution in [0.4, 0.5) is 13.6 Å². The molecule has 1 aromatic heterocycles. The van der Waals surface area contributed by atoms with Crippen LogP contribution in [0, 0.1) is 11.6 Å². The predicted octanol–water partition coefficient (Wildman–Crippen LogP) is 3.76. The molecule has 5 nitrogen and oxygen atoms in total. The lowest BCUT2D eigenvalue weighted by atomic mass is 10.0. The first-order valence-corrected chi connectivity index (χ1v) is 8.62. The van der Waals surface area contributed by atoms with Gasteiger partial charge in [-0.3, -0.25) is 9.69 Å². The number of nitrogens with one attached hydrogen (secondary N) is 2. The Morgan fingerprint density at radius 1 is 1.07 bits per heavy atom. The van der Waals surface area contributed by atoms with Crippen molar-refractivity contribution in [3.8, 4) is 0 Å². The largest absolute Gasteiger partial charge is 0.360 e. The molecule has 2 N–H and O–H groups in total. The number of carbonyl (C=O) groups excluding carboxylic acids is 2. The van der Waals surface area contributed by atoms with E-state index in [9.17, 15) is 18.4 Å². The van der Waals surface area contributed by atoms with E-state index in [0.717, 1.165) is 10.5 Å². The zero-order valence-electron chi connectivity index (χ0n) is 13.9. The molecule has 8 heteroatoms. The second-order valence-corrected chi connectivity index (χ2v) is 6.73. The number of hydrogen-bond acceptors (Lipinski definition) is 2. The fraction of sp³-hybridized carbons (Fsp3) is 0.158. The average molecular weight is 390 g/mol. The summed E-state index contributed by atoms with van der Waals surface area (Å²) in [5.74, 6) is -1.29. The fourth-order valence-electron chi connectivity index (χ4n) is 3.22. The molecule has 3 amide bonds. The number of H-pyrrole nitrogens is 1. The van der Waals surface area contributed by atoms with Crippen LogP contribution < -0.4 is 5.32 Å². The lowest BCUT2D eigenvalue weighted by molar-refractivity contribution is -0.127. The highest BCUT2D eigenvalue weighted by atomic mass is 35.5.